The molecule has 0 aliphatic heterocycles. The predicted octanol–water partition coefficient (Wildman–Crippen LogP) is 10.5. The molecule has 2 aromatic rings. The number of benzene rings is 1. The molecule has 2 aliphatic rings. The topological polar surface area (TPSA) is 49.6 Å². The predicted molar refractivity (Wildman–Crippen MR) is 159 cm³/mol. The standard InChI is InChI=1S/C35H51N3/c1-3-5-7-8-9-10-22-35(27-36)23-20-31(21-24-35)29-16-18-32(19-17-29)34-37-25-33(26-38-34)30-14-12-28(13-15-30)11-6-4-2/h16-19,25-26,28,30-31H,3-15,20-24H2,1-2H3. The minimum atomic E-state index is -0.0778. The van der Waals surface area contributed by atoms with Crippen LogP contribution in [0.25, 0.3) is 11.4 Å². The SMILES string of the molecule is CCCCCCCCC1(C#N)CCC(c2ccc(-c3ncc(C4CCC(CCCC)CC4)cn3)cc2)CC1. The monoisotopic (exact) mass is 513 g/mol. The zero-order valence-corrected chi connectivity index (χ0v) is 24.3. The van der Waals surface area contributed by atoms with Crippen molar-refractivity contribution in [1.29, 1.82) is 5.26 Å². The molecule has 0 saturated heterocycles. The van der Waals surface area contributed by atoms with E-state index in [0.717, 1.165) is 49.4 Å². The first-order valence-corrected chi connectivity index (χ1v) is 16.0. The summed E-state index contributed by atoms with van der Waals surface area (Å²) in [6.45, 7) is 4.56. The molecule has 0 radical (unpaired) electrons. The molecule has 38 heavy (non-hydrogen) atoms. The minimum absolute atomic E-state index is 0.0778. The maximum atomic E-state index is 9.98. The lowest BCUT2D eigenvalue weighted by Gasteiger charge is -2.35. The van der Waals surface area contributed by atoms with Gasteiger partial charge in [0.15, 0.2) is 5.82 Å². The summed E-state index contributed by atoms with van der Waals surface area (Å²) in [4.78, 5) is 9.54. The van der Waals surface area contributed by atoms with E-state index in [4.69, 9.17) is 9.97 Å². The summed E-state index contributed by atoms with van der Waals surface area (Å²) >= 11 is 0. The molecule has 0 bridgehead atoms. The van der Waals surface area contributed by atoms with Gasteiger partial charge in [0.2, 0.25) is 0 Å². The number of unbranched alkanes of at least 4 members (excludes halogenated alkanes) is 6. The van der Waals surface area contributed by atoms with E-state index in [0.29, 0.717) is 11.8 Å². The molecule has 1 heterocycles. The fourth-order valence-corrected chi connectivity index (χ4v) is 7.04. The molecule has 206 valence electrons. The van der Waals surface area contributed by atoms with Gasteiger partial charge in [0, 0.05) is 18.0 Å². The molecule has 0 unspecified atom stereocenters. The van der Waals surface area contributed by atoms with Crippen molar-refractivity contribution in [2.75, 3.05) is 0 Å². The van der Waals surface area contributed by atoms with Crippen molar-refractivity contribution in [3.05, 3.63) is 47.8 Å². The van der Waals surface area contributed by atoms with Gasteiger partial charge in [-0.1, -0.05) is 95.9 Å². The van der Waals surface area contributed by atoms with Gasteiger partial charge in [0.1, 0.15) is 0 Å². The van der Waals surface area contributed by atoms with E-state index in [1.807, 2.05) is 0 Å². The van der Waals surface area contributed by atoms with E-state index in [2.05, 4.69) is 56.6 Å². The highest BCUT2D eigenvalue weighted by atomic mass is 14.9. The summed E-state index contributed by atoms with van der Waals surface area (Å²) in [5.74, 6) is 2.98. The molecule has 3 heteroatoms. The normalized spacial score (nSPS) is 25.7. The second kappa shape index (κ2) is 14.8. The molecule has 2 saturated carbocycles. The summed E-state index contributed by atoms with van der Waals surface area (Å²) < 4.78 is 0. The Morgan fingerprint density at radius 2 is 1.34 bits per heavy atom. The van der Waals surface area contributed by atoms with Crippen LogP contribution in [-0.2, 0) is 0 Å². The number of aromatic nitrogens is 2. The van der Waals surface area contributed by atoms with Gasteiger partial charge < -0.3 is 0 Å². The minimum Gasteiger partial charge on any atom is -0.236 e. The summed E-state index contributed by atoms with van der Waals surface area (Å²) in [6, 6.07) is 11.7. The fraction of sp³-hybridized carbons (Fsp3) is 0.686. The lowest BCUT2D eigenvalue weighted by Crippen LogP contribution is -2.25. The first kappa shape index (κ1) is 28.8. The van der Waals surface area contributed by atoms with Gasteiger partial charge in [-0.15, -0.1) is 0 Å². The van der Waals surface area contributed by atoms with Crippen LogP contribution in [0.3, 0.4) is 0 Å². The Morgan fingerprint density at radius 3 is 1.97 bits per heavy atom. The Labute approximate surface area is 232 Å². The fourth-order valence-electron chi connectivity index (χ4n) is 7.04. The van der Waals surface area contributed by atoms with Crippen LogP contribution >= 0.6 is 0 Å². The molecule has 3 nitrogen and oxygen atoms in total. The van der Waals surface area contributed by atoms with Gasteiger partial charge >= 0.3 is 0 Å². The zero-order valence-electron chi connectivity index (χ0n) is 24.3. The first-order valence-electron chi connectivity index (χ1n) is 16.0. The molecule has 0 spiro atoms. The van der Waals surface area contributed by atoms with Crippen molar-refractivity contribution in [2.45, 2.75) is 141 Å². The summed E-state index contributed by atoms with van der Waals surface area (Å²) in [5.41, 5.74) is 3.76. The lowest BCUT2D eigenvalue weighted by atomic mass is 9.67. The van der Waals surface area contributed by atoms with Gasteiger partial charge in [-0.05, 0) is 86.7 Å². The van der Waals surface area contributed by atoms with E-state index in [-0.39, 0.29) is 5.41 Å². The maximum absolute atomic E-state index is 9.98. The molecule has 1 aromatic carbocycles. The third-order valence-electron chi connectivity index (χ3n) is 9.78. The number of nitrogens with zero attached hydrogens (tertiary/aromatic N) is 3. The van der Waals surface area contributed by atoms with Crippen LogP contribution in [0.15, 0.2) is 36.7 Å². The van der Waals surface area contributed by atoms with Gasteiger partial charge in [-0.2, -0.15) is 5.26 Å². The molecule has 4 rings (SSSR count). The van der Waals surface area contributed by atoms with Crippen molar-refractivity contribution < 1.29 is 0 Å². The van der Waals surface area contributed by atoms with Gasteiger partial charge in [0.25, 0.3) is 0 Å². The maximum Gasteiger partial charge on any atom is 0.159 e. The van der Waals surface area contributed by atoms with E-state index < -0.39 is 0 Å². The van der Waals surface area contributed by atoms with Crippen LogP contribution < -0.4 is 0 Å². The highest BCUT2D eigenvalue weighted by Crippen LogP contribution is 2.46. The average Bonchev–Trinajstić information content (AvgIpc) is 2.99. The smallest absolute Gasteiger partial charge is 0.159 e. The number of nitriles is 1. The largest absolute Gasteiger partial charge is 0.236 e. The Morgan fingerprint density at radius 1 is 0.737 bits per heavy atom. The van der Waals surface area contributed by atoms with E-state index in [1.165, 1.54) is 94.6 Å². The molecule has 0 amide bonds. The first-order chi connectivity index (χ1) is 18.7. The molecule has 1 aromatic heterocycles. The highest BCUT2D eigenvalue weighted by molar-refractivity contribution is 5.55. The third kappa shape index (κ3) is 7.91. The Hall–Kier alpha value is -2.21. The van der Waals surface area contributed by atoms with Crippen LogP contribution in [-0.4, -0.2) is 9.97 Å². The van der Waals surface area contributed by atoms with Crippen LogP contribution in [0, 0.1) is 22.7 Å². The molecular formula is C35H51N3. The number of hydrogen-bond donors (Lipinski definition) is 0. The average molecular weight is 514 g/mol. The number of rotatable bonds is 13. The quantitative estimate of drug-likeness (QED) is 0.250. The Kier molecular flexibility index (Phi) is 11.2. The highest BCUT2D eigenvalue weighted by Gasteiger charge is 2.35. The van der Waals surface area contributed by atoms with Gasteiger partial charge in [-0.3, -0.25) is 0 Å². The molecule has 0 atom stereocenters. The Balaban J connectivity index is 1.25. The van der Waals surface area contributed by atoms with Crippen molar-refractivity contribution in [3.8, 4) is 17.5 Å². The number of hydrogen-bond acceptors (Lipinski definition) is 3. The van der Waals surface area contributed by atoms with Gasteiger partial charge in [-0.25, -0.2) is 9.97 Å². The summed E-state index contributed by atoms with van der Waals surface area (Å²) in [6.07, 6.45) is 26.9. The third-order valence-corrected chi connectivity index (χ3v) is 9.78. The van der Waals surface area contributed by atoms with E-state index in [1.54, 1.807) is 0 Å². The Bertz CT molecular complexity index is 971. The van der Waals surface area contributed by atoms with Crippen LogP contribution in [0.1, 0.15) is 152 Å². The van der Waals surface area contributed by atoms with Crippen molar-refractivity contribution >= 4 is 0 Å². The zero-order chi connectivity index (χ0) is 26.6. The summed E-state index contributed by atoms with van der Waals surface area (Å²) in [5, 5.41) is 9.98. The van der Waals surface area contributed by atoms with Crippen LogP contribution in [0.5, 0.6) is 0 Å². The van der Waals surface area contributed by atoms with Crippen LogP contribution in [0.2, 0.25) is 0 Å². The second-order valence-electron chi connectivity index (χ2n) is 12.5. The molecule has 2 aliphatic carbocycles. The van der Waals surface area contributed by atoms with Crippen molar-refractivity contribution in [1.82, 2.24) is 9.97 Å². The summed E-state index contributed by atoms with van der Waals surface area (Å²) in [7, 11) is 0. The van der Waals surface area contributed by atoms with Crippen LogP contribution in [0.4, 0.5) is 0 Å². The molecular weight excluding hydrogens is 462 g/mol. The second-order valence-corrected chi connectivity index (χ2v) is 12.5. The lowest BCUT2D eigenvalue weighted by molar-refractivity contribution is 0.223. The molecule has 0 N–H and O–H groups in total. The van der Waals surface area contributed by atoms with Gasteiger partial charge in [0.05, 0.1) is 11.5 Å². The van der Waals surface area contributed by atoms with Crippen molar-refractivity contribution in [3.63, 3.8) is 0 Å². The molecule has 2 fully saturated rings. The van der Waals surface area contributed by atoms with Crippen molar-refractivity contribution in [2.24, 2.45) is 11.3 Å². The van der Waals surface area contributed by atoms with E-state index in [9.17, 15) is 5.26 Å². The van der Waals surface area contributed by atoms with E-state index >= 15 is 0 Å².